The molecule has 3 heterocycles. The molecule has 3 rings (SSSR count). The van der Waals surface area contributed by atoms with Crippen molar-refractivity contribution < 1.29 is 4.74 Å². The topological polar surface area (TPSA) is 64.9 Å². The van der Waals surface area contributed by atoms with Crippen LogP contribution in [0.3, 0.4) is 0 Å². The highest BCUT2D eigenvalue weighted by Crippen LogP contribution is 2.21. The van der Waals surface area contributed by atoms with Gasteiger partial charge in [0.05, 0.1) is 12.8 Å². The first kappa shape index (κ1) is 15.2. The lowest BCUT2D eigenvalue weighted by atomic mass is 10.1. The second kappa shape index (κ2) is 7.02. The minimum absolute atomic E-state index is 0.626. The third-order valence-corrected chi connectivity index (χ3v) is 3.51. The van der Waals surface area contributed by atoms with E-state index in [1.165, 1.54) is 0 Å². The summed E-state index contributed by atoms with van der Waals surface area (Å²) in [5, 5.41) is 7.98. The Labute approximate surface area is 135 Å². The first-order valence-electron chi connectivity index (χ1n) is 7.39. The number of rotatable bonds is 6. The molecule has 23 heavy (non-hydrogen) atoms. The molecule has 0 saturated heterocycles. The van der Waals surface area contributed by atoms with Crippen LogP contribution in [0.5, 0.6) is 5.88 Å². The van der Waals surface area contributed by atoms with Crippen LogP contribution < -0.4 is 10.1 Å². The maximum Gasteiger partial charge on any atom is 0.212 e. The predicted octanol–water partition coefficient (Wildman–Crippen LogP) is 2.18. The molecule has 0 atom stereocenters. The van der Waals surface area contributed by atoms with Crippen molar-refractivity contribution in [1.29, 1.82) is 0 Å². The average molecular weight is 309 g/mol. The van der Waals surface area contributed by atoms with Crippen LogP contribution >= 0.6 is 0 Å². The number of aromatic nitrogens is 4. The van der Waals surface area contributed by atoms with Crippen molar-refractivity contribution >= 4 is 0 Å². The van der Waals surface area contributed by atoms with Crippen LogP contribution in [0.2, 0.25) is 0 Å². The van der Waals surface area contributed by atoms with Crippen LogP contribution in [0.1, 0.15) is 11.1 Å². The van der Waals surface area contributed by atoms with Gasteiger partial charge in [-0.3, -0.25) is 9.67 Å². The molecule has 3 aromatic heterocycles. The zero-order chi connectivity index (χ0) is 16.1. The van der Waals surface area contributed by atoms with Crippen molar-refractivity contribution in [2.24, 2.45) is 7.05 Å². The highest BCUT2D eigenvalue weighted by molar-refractivity contribution is 5.61. The number of nitrogens with zero attached hydrogens (tertiary/aromatic N) is 4. The molecule has 6 nitrogen and oxygen atoms in total. The first-order valence-corrected chi connectivity index (χ1v) is 7.39. The van der Waals surface area contributed by atoms with Crippen LogP contribution in [0.15, 0.2) is 49.1 Å². The number of aryl methyl sites for hydroxylation is 1. The minimum atomic E-state index is 0.626. The molecule has 118 valence electrons. The first-order chi connectivity index (χ1) is 11.3. The number of ether oxygens (including phenoxy) is 1. The lowest BCUT2D eigenvalue weighted by Gasteiger charge is -2.06. The van der Waals surface area contributed by atoms with E-state index in [0.717, 1.165) is 35.5 Å². The SMILES string of the molecule is COc1ccc(CNCc2cn(C)nc2-c2ccncc2)cn1. The third-order valence-electron chi connectivity index (χ3n) is 3.51. The van der Waals surface area contributed by atoms with Crippen molar-refractivity contribution in [3.63, 3.8) is 0 Å². The maximum absolute atomic E-state index is 5.06. The van der Waals surface area contributed by atoms with E-state index in [9.17, 15) is 0 Å². The fourth-order valence-electron chi connectivity index (χ4n) is 2.40. The molecule has 0 radical (unpaired) electrons. The molecular weight excluding hydrogens is 290 g/mol. The van der Waals surface area contributed by atoms with Crippen LogP contribution in [-0.4, -0.2) is 26.9 Å². The van der Waals surface area contributed by atoms with E-state index < -0.39 is 0 Å². The molecule has 0 saturated carbocycles. The molecule has 0 spiro atoms. The van der Waals surface area contributed by atoms with Gasteiger partial charge in [0, 0.05) is 62.1 Å². The molecule has 1 N–H and O–H groups in total. The summed E-state index contributed by atoms with van der Waals surface area (Å²) in [7, 11) is 3.55. The second-order valence-electron chi connectivity index (χ2n) is 5.22. The fraction of sp³-hybridized carbons (Fsp3) is 0.235. The summed E-state index contributed by atoms with van der Waals surface area (Å²) in [4.78, 5) is 8.26. The molecule has 0 aliphatic carbocycles. The zero-order valence-electron chi connectivity index (χ0n) is 13.2. The summed E-state index contributed by atoms with van der Waals surface area (Å²) < 4.78 is 6.90. The van der Waals surface area contributed by atoms with Gasteiger partial charge in [-0.2, -0.15) is 5.10 Å². The number of nitrogens with one attached hydrogen (secondary N) is 1. The quantitative estimate of drug-likeness (QED) is 0.756. The van der Waals surface area contributed by atoms with Gasteiger partial charge in [0.2, 0.25) is 5.88 Å². The van der Waals surface area contributed by atoms with Crippen LogP contribution in [0.4, 0.5) is 0 Å². The standard InChI is InChI=1S/C17H19N5O/c1-22-12-15(17(21-22)14-5-7-18-8-6-14)11-19-9-13-3-4-16(23-2)20-10-13/h3-8,10,12,19H,9,11H2,1-2H3. The summed E-state index contributed by atoms with van der Waals surface area (Å²) in [6.45, 7) is 1.47. The molecule has 6 heteroatoms. The predicted molar refractivity (Wildman–Crippen MR) is 87.8 cm³/mol. The maximum atomic E-state index is 5.06. The number of pyridine rings is 2. The lowest BCUT2D eigenvalue weighted by molar-refractivity contribution is 0.397. The minimum Gasteiger partial charge on any atom is -0.481 e. The molecule has 0 unspecified atom stereocenters. The third kappa shape index (κ3) is 3.73. The molecule has 0 bridgehead atoms. The van der Waals surface area contributed by atoms with E-state index in [1.807, 2.05) is 48.4 Å². The summed E-state index contributed by atoms with van der Waals surface area (Å²) in [6, 6.07) is 7.81. The van der Waals surface area contributed by atoms with E-state index in [1.54, 1.807) is 19.5 Å². The Morgan fingerprint density at radius 1 is 1.13 bits per heavy atom. The number of hydrogen-bond donors (Lipinski definition) is 1. The van der Waals surface area contributed by atoms with E-state index in [0.29, 0.717) is 5.88 Å². The molecule has 0 fully saturated rings. The number of hydrogen-bond acceptors (Lipinski definition) is 5. The van der Waals surface area contributed by atoms with Gasteiger partial charge >= 0.3 is 0 Å². The Balaban J connectivity index is 1.66. The van der Waals surface area contributed by atoms with Gasteiger partial charge in [0.25, 0.3) is 0 Å². The van der Waals surface area contributed by atoms with Gasteiger partial charge in [-0.05, 0) is 17.7 Å². The van der Waals surface area contributed by atoms with E-state index >= 15 is 0 Å². The van der Waals surface area contributed by atoms with Gasteiger partial charge < -0.3 is 10.1 Å². The summed E-state index contributed by atoms with van der Waals surface area (Å²) in [5.41, 5.74) is 4.32. The second-order valence-corrected chi connectivity index (χ2v) is 5.22. The molecule has 0 aliphatic heterocycles. The molecular formula is C17H19N5O. The average Bonchev–Trinajstić information content (AvgIpc) is 2.97. The summed E-state index contributed by atoms with van der Waals surface area (Å²) in [6.07, 6.45) is 7.42. The van der Waals surface area contributed by atoms with Crippen molar-refractivity contribution in [2.45, 2.75) is 13.1 Å². The monoisotopic (exact) mass is 309 g/mol. The largest absolute Gasteiger partial charge is 0.481 e. The Morgan fingerprint density at radius 2 is 1.96 bits per heavy atom. The lowest BCUT2D eigenvalue weighted by Crippen LogP contribution is -2.13. The van der Waals surface area contributed by atoms with Gasteiger partial charge in [0.15, 0.2) is 0 Å². The Morgan fingerprint density at radius 3 is 2.65 bits per heavy atom. The summed E-state index contributed by atoms with van der Waals surface area (Å²) >= 11 is 0. The molecule has 0 aromatic carbocycles. The van der Waals surface area contributed by atoms with Crippen LogP contribution in [-0.2, 0) is 20.1 Å². The van der Waals surface area contributed by atoms with Crippen molar-refractivity contribution in [2.75, 3.05) is 7.11 Å². The van der Waals surface area contributed by atoms with Crippen molar-refractivity contribution in [3.8, 4) is 17.1 Å². The van der Waals surface area contributed by atoms with Crippen molar-refractivity contribution in [1.82, 2.24) is 25.1 Å². The van der Waals surface area contributed by atoms with E-state index in [2.05, 4.69) is 20.4 Å². The van der Waals surface area contributed by atoms with Crippen molar-refractivity contribution in [3.05, 3.63) is 60.2 Å². The number of methoxy groups -OCH3 is 1. The van der Waals surface area contributed by atoms with Crippen LogP contribution in [0, 0.1) is 0 Å². The molecule has 0 amide bonds. The highest BCUT2D eigenvalue weighted by atomic mass is 16.5. The summed E-state index contributed by atoms with van der Waals surface area (Å²) in [5.74, 6) is 0.626. The van der Waals surface area contributed by atoms with E-state index in [-0.39, 0.29) is 0 Å². The Kier molecular flexibility index (Phi) is 4.63. The highest BCUT2D eigenvalue weighted by Gasteiger charge is 2.09. The normalized spacial score (nSPS) is 10.7. The fourth-order valence-corrected chi connectivity index (χ4v) is 2.40. The van der Waals surface area contributed by atoms with E-state index in [4.69, 9.17) is 4.74 Å². The Hall–Kier alpha value is -2.73. The Bertz CT molecular complexity index is 752. The van der Waals surface area contributed by atoms with Crippen LogP contribution in [0.25, 0.3) is 11.3 Å². The van der Waals surface area contributed by atoms with Gasteiger partial charge in [-0.15, -0.1) is 0 Å². The van der Waals surface area contributed by atoms with Gasteiger partial charge in [0.1, 0.15) is 0 Å². The smallest absolute Gasteiger partial charge is 0.212 e. The van der Waals surface area contributed by atoms with Gasteiger partial charge in [-0.1, -0.05) is 6.07 Å². The molecule has 0 aliphatic rings. The molecule has 3 aromatic rings. The zero-order valence-corrected chi connectivity index (χ0v) is 13.2. The van der Waals surface area contributed by atoms with Gasteiger partial charge in [-0.25, -0.2) is 4.98 Å².